The predicted molar refractivity (Wildman–Crippen MR) is 107 cm³/mol. The Kier molecular flexibility index (Phi) is 4.05. The summed E-state index contributed by atoms with van der Waals surface area (Å²) in [5.74, 6) is -0.118. The molecule has 0 radical (unpaired) electrons. The van der Waals surface area contributed by atoms with Crippen molar-refractivity contribution in [3.8, 4) is 22.8 Å². The predicted octanol–water partition coefficient (Wildman–Crippen LogP) is 1.25. The van der Waals surface area contributed by atoms with Gasteiger partial charge in [-0.05, 0) is 30.2 Å². The number of aromatic nitrogens is 4. The van der Waals surface area contributed by atoms with E-state index < -0.39 is 11.9 Å². The molecule has 3 aromatic rings. The zero-order chi connectivity index (χ0) is 21.0. The van der Waals surface area contributed by atoms with E-state index in [0.29, 0.717) is 18.5 Å². The highest BCUT2D eigenvalue weighted by molar-refractivity contribution is 6.05. The molecule has 2 aliphatic rings. The van der Waals surface area contributed by atoms with Crippen LogP contribution in [0, 0.1) is 0 Å². The Bertz CT molecular complexity index is 1210. The van der Waals surface area contributed by atoms with Crippen LogP contribution in [0.25, 0.3) is 22.8 Å². The number of carbonyl (C=O) groups is 3. The Hall–Kier alpha value is -3.75. The summed E-state index contributed by atoms with van der Waals surface area (Å²) in [5.41, 5.74) is 3.90. The van der Waals surface area contributed by atoms with Crippen molar-refractivity contribution in [2.45, 2.75) is 25.4 Å². The van der Waals surface area contributed by atoms with Crippen LogP contribution in [0.4, 0.5) is 0 Å². The molecule has 9 nitrogen and oxygen atoms in total. The van der Waals surface area contributed by atoms with Gasteiger partial charge >= 0.3 is 0 Å². The van der Waals surface area contributed by atoms with Gasteiger partial charge in [0.2, 0.25) is 11.8 Å². The molecule has 1 saturated heterocycles. The second kappa shape index (κ2) is 6.65. The van der Waals surface area contributed by atoms with E-state index in [9.17, 15) is 14.4 Å². The molecule has 1 atom stereocenters. The molecule has 4 heterocycles. The first-order chi connectivity index (χ1) is 14.4. The topological polar surface area (TPSA) is 102 Å². The molecule has 1 aromatic carbocycles. The van der Waals surface area contributed by atoms with Gasteiger partial charge in [0.25, 0.3) is 5.91 Å². The van der Waals surface area contributed by atoms with Gasteiger partial charge in [-0.15, -0.1) is 0 Å². The lowest BCUT2D eigenvalue weighted by Crippen LogP contribution is -2.52. The van der Waals surface area contributed by atoms with Crippen LogP contribution in [0.2, 0.25) is 0 Å². The Morgan fingerprint density at radius 2 is 1.93 bits per heavy atom. The van der Waals surface area contributed by atoms with Gasteiger partial charge in [-0.2, -0.15) is 5.10 Å². The fraction of sp³-hybridized carbons (Fsp3) is 0.286. The van der Waals surface area contributed by atoms with Gasteiger partial charge in [0.1, 0.15) is 11.7 Å². The van der Waals surface area contributed by atoms with Gasteiger partial charge in [0.05, 0.1) is 5.69 Å². The molecule has 0 spiro atoms. The third-order valence-corrected chi connectivity index (χ3v) is 5.64. The van der Waals surface area contributed by atoms with Crippen molar-refractivity contribution >= 4 is 17.7 Å². The second-order valence-corrected chi connectivity index (χ2v) is 7.71. The monoisotopic (exact) mass is 404 g/mol. The van der Waals surface area contributed by atoms with Crippen LogP contribution < -0.4 is 5.32 Å². The SMILES string of the molecule is Cn1ccc(-c2nc(-c3ccc4c(c3)CN(C3CCC(=O)NC3=O)C4=O)cn2C)n1. The van der Waals surface area contributed by atoms with Crippen molar-refractivity contribution < 1.29 is 14.4 Å². The second-order valence-electron chi connectivity index (χ2n) is 7.71. The van der Waals surface area contributed by atoms with Crippen LogP contribution in [0.1, 0.15) is 28.8 Å². The molecule has 1 unspecified atom stereocenters. The molecule has 152 valence electrons. The summed E-state index contributed by atoms with van der Waals surface area (Å²) >= 11 is 0. The van der Waals surface area contributed by atoms with Crippen molar-refractivity contribution in [1.82, 2.24) is 29.5 Å². The lowest BCUT2D eigenvalue weighted by atomic mass is 10.0. The maximum atomic E-state index is 12.8. The Balaban J connectivity index is 1.44. The number of rotatable bonds is 3. The molecule has 3 amide bonds. The number of carbonyl (C=O) groups excluding carboxylic acids is 3. The number of hydrogen-bond acceptors (Lipinski definition) is 5. The molecular formula is C21H20N6O3. The van der Waals surface area contributed by atoms with Gasteiger partial charge in [0.15, 0.2) is 5.82 Å². The number of hydrogen-bond donors (Lipinski definition) is 1. The van der Waals surface area contributed by atoms with E-state index in [1.54, 1.807) is 15.6 Å². The van der Waals surface area contributed by atoms with Crippen LogP contribution in [-0.2, 0) is 30.2 Å². The number of amides is 3. The molecule has 0 saturated carbocycles. The number of piperidine rings is 1. The number of imide groups is 1. The van der Waals surface area contributed by atoms with Crippen LogP contribution in [0.3, 0.4) is 0 Å². The summed E-state index contributed by atoms with van der Waals surface area (Å²) in [6.07, 6.45) is 4.39. The first-order valence-electron chi connectivity index (χ1n) is 9.72. The minimum atomic E-state index is -0.614. The number of imidazole rings is 1. The van der Waals surface area contributed by atoms with Crippen molar-refractivity contribution in [2.75, 3.05) is 0 Å². The molecule has 9 heteroatoms. The largest absolute Gasteiger partial charge is 0.332 e. The van der Waals surface area contributed by atoms with Gasteiger partial charge < -0.3 is 9.47 Å². The lowest BCUT2D eigenvalue weighted by molar-refractivity contribution is -0.136. The highest BCUT2D eigenvalue weighted by Crippen LogP contribution is 2.31. The molecule has 1 N–H and O–H groups in total. The maximum absolute atomic E-state index is 12.8. The summed E-state index contributed by atoms with van der Waals surface area (Å²) in [6, 6.07) is 6.90. The molecule has 5 rings (SSSR count). The molecular weight excluding hydrogens is 384 g/mol. The van der Waals surface area contributed by atoms with Gasteiger partial charge in [-0.1, -0.05) is 6.07 Å². The average Bonchev–Trinajstić information content (AvgIpc) is 3.39. The Labute approximate surface area is 172 Å². The maximum Gasteiger partial charge on any atom is 0.255 e. The molecule has 0 bridgehead atoms. The number of nitrogens with one attached hydrogen (secondary N) is 1. The Morgan fingerprint density at radius 3 is 2.67 bits per heavy atom. The van der Waals surface area contributed by atoms with Crippen molar-refractivity contribution in [3.05, 3.63) is 47.8 Å². The van der Waals surface area contributed by atoms with E-state index >= 15 is 0 Å². The van der Waals surface area contributed by atoms with E-state index in [-0.39, 0.29) is 18.2 Å². The average molecular weight is 404 g/mol. The minimum Gasteiger partial charge on any atom is -0.332 e. The van der Waals surface area contributed by atoms with E-state index in [2.05, 4.69) is 10.4 Å². The molecule has 1 fully saturated rings. The zero-order valence-electron chi connectivity index (χ0n) is 16.6. The minimum absolute atomic E-state index is 0.179. The third kappa shape index (κ3) is 2.90. The molecule has 2 aromatic heterocycles. The van der Waals surface area contributed by atoms with Crippen molar-refractivity contribution in [1.29, 1.82) is 0 Å². The fourth-order valence-electron chi connectivity index (χ4n) is 4.11. The van der Waals surface area contributed by atoms with Crippen LogP contribution >= 0.6 is 0 Å². The normalized spacial score (nSPS) is 18.7. The number of benzene rings is 1. The van der Waals surface area contributed by atoms with Crippen LogP contribution in [0.15, 0.2) is 36.7 Å². The highest BCUT2D eigenvalue weighted by atomic mass is 16.2. The van der Waals surface area contributed by atoms with E-state index in [1.165, 1.54) is 0 Å². The fourth-order valence-corrected chi connectivity index (χ4v) is 4.11. The number of aryl methyl sites for hydroxylation is 2. The molecule has 30 heavy (non-hydrogen) atoms. The van der Waals surface area contributed by atoms with E-state index in [1.807, 2.05) is 49.3 Å². The van der Waals surface area contributed by atoms with Gasteiger partial charge in [-0.3, -0.25) is 24.4 Å². The van der Waals surface area contributed by atoms with Crippen molar-refractivity contribution in [2.24, 2.45) is 14.1 Å². The standard InChI is InChI=1S/C21H20N6O3/c1-25-11-16(22-19(25)15-7-8-26(2)24-15)12-3-4-14-13(9-12)10-27(21(14)30)17-5-6-18(28)23-20(17)29/h3-4,7-9,11,17H,5-6,10H2,1-2H3,(H,23,28,29). The quantitative estimate of drug-likeness (QED) is 0.662. The van der Waals surface area contributed by atoms with Crippen LogP contribution in [-0.4, -0.2) is 48.0 Å². The van der Waals surface area contributed by atoms with Gasteiger partial charge in [0, 0.05) is 50.6 Å². The molecule has 0 aliphatic carbocycles. The third-order valence-electron chi connectivity index (χ3n) is 5.64. The Morgan fingerprint density at radius 1 is 1.10 bits per heavy atom. The zero-order valence-corrected chi connectivity index (χ0v) is 16.6. The highest BCUT2D eigenvalue weighted by Gasteiger charge is 2.39. The van der Waals surface area contributed by atoms with Crippen LogP contribution in [0.5, 0.6) is 0 Å². The summed E-state index contributed by atoms with van der Waals surface area (Å²) in [6.45, 7) is 0.341. The summed E-state index contributed by atoms with van der Waals surface area (Å²) in [5, 5.41) is 6.74. The summed E-state index contributed by atoms with van der Waals surface area (Å²) < 4.78 is 3.65. The number of nitrogens with zero attached hydrogens (tertiary/aromatic N) is 5. The smallest absolute Gasteiger partial charge is 0.255 e. The summed E-state index contributed by atoms with van der Waals surface area (Å²) in [4.78, 5) is 42.7. The lowest BCUT2D eigenvalue weighted by Gasteiger charge is -2.29. The summed E-state index contributed by atoms with van der Waals surface area (Å²) in [7, 11) is 3.78. The first-order valence-corrected chi connectivity index (χ1v) is 9.72. The van der Waals surface area contributed by atoms with Crippen molar-refractivity contribution in [3.63, 3.8) is 0 Å². The van der Waals surface area contributed by atoms with E-state index in [4.69, 9.17) is 4.98 Å². The first kappa shape index (κ1) is 18.3. The van der Waals surface area contributed by atoms with Gasteiger partial charge in [-0.25, -0.2) is 4.98 Å². The van der Waals surface area contributed by atoms with E-state index in [0.717, 1.165) is 28.3 Å². The number of fused-ring (bicyclic) bond motifs is 1. The molecule has 2 aliphatic heterocycles.